The fourth-order valence-corrected chi connectivity index (χ4v) is 1.40. The minimum atomic E-state index is -1.27. The monoisotopic (exact) mass is 266 g/mol. The van der Waals surface area contributed by atoms with Crippen molar-refractivity contribution >= 4 is 23.5 Å². The summed E-state index contributed by atoms with van der Waals surface area (Å²) in [6, 6.07) is 4.71. The number of carboxylic acids is 2. The van der Waals surface area contributed by atoms with Crippen molar-refractivity contribution in [2.75, 3.05) is 5.73 Å². The third-order valence-corrected chi connectivity index (χ3v) is 2.42. The third-order valence-electron chi connectivity index (χ3n) is 2.42. The summed E-state index contributed by atoms with van der Waals surface area (Å²) in [5, 5.41) is 19.7. The summed E-state index contributed by atoms with van der Waals surface area (Å²) < 4.78 is 0. The zero-order valence-corrected chi connectivity index (χ0v) is 10.00. The van der Waals surface area contributed by atoms with Crippen molar-refractivity contribution in [2.24, 2.45) is 0 Å². The summed E-state index contributed by atoms with van der Waals surface area (Å²) in [4.78, 5) is 33.1. The van der Waals surface area contributed by atoms with Gasteiger partial charge in [-0.3, -0.25) is 9.59 Å². The van der Waals surface area contributed by atoms with Gasteiger partial charge >= 0.3 is 11.9 Å². The van der Waals surface area contributed by atoms with Crippen molar-refractivity contribution in [3.63, 3.8) is 0 Å². The maximum Gasteiger partial charge on any atom is 0.326 e. The second kappa shape index (κ2) is 6.39. The molecule has 0 saturated carbocycles. The number of rotatable bonds is 6. The predicted octanol–water partition coefficient (Wildman–Crippen LogP) is 0.317. The lowest BCUT2D eigenvalue weighted by Gasteiger charge is -2.13. The first-order chi connectivity index (χ1) is 8.90. The van der Waals surface area contributed by atoms with E-state index < -0.39 is 23.9 Å². The van der Waals surface area contributed by atoms with E-state index in [-0.39, 0.29) is 18.4 Å². The van der Waals surface area contributed by atoms with Gasteiger partial charge in [0.25, 0.3) is 5.91 Å². The molecule has 0 saturated heterocycles. The average Bonchev–Trinajstić information content (AvgIpc) is 2.34. The molecule has 0 heterocycles. The Morgan fingerprint density at radius 2 is 1.74 bits per heavy atom. The molecule has 1 aromatic rings. The number of carbonyl (C=O) groups is 3. The molecule has 1 atom stereocenters. The zero-order valence-electron chi connectivity index (χ0n) is 10.00. The van der Waals surface area contributed by atoms with E-state index in [0.717, 1.165) is 0 Å². The molecule has 0 aliphatic rings. The maximum absolute atomic E-state index is 11.8. The van der Waals surface area contributed by atoms with Crippen molar-refractivity contribution in [3.05, 3.63) is 29.8 Å². The smallest absolute Gasteiger partial charge is 0.326 e. The van der Waals surface area contributed by atoms with Crippen LogP contribution in [0.15, 0.2) is 24.3 Å². The molecule has 7 heteroatoms. The number of nitrogens with one attached hydrogen (secondary N) is 1. The Labute approximate surface area is 109 Å². The highest BCUT2D eigenvalue weighted by Crippen LogP contribution is 2.06. The number of carboxylic acid groups (broad SMARTS) is 2. The number of hydrogen-bond donors (Lipinski definition) is 4. The van der Waals surface area contributed by atoms with Crippen LogP contribution >= 0.6 is 0 Å². The highest BCUT2D eigenvalue weighted by molar-refractivity contribution is 5.96. The van der Waals surface area contributed by atoms with E-state index in [0.29, 0.717) is 5.69 Å². The maximum atomic E-state index is 11.8. The van der Waals surface area contributed by atoms with Crippen LogP contribution in [0.4, 0.5) is 5.69 Å². The van der Waals surface area contributed by atoms with Crippen LogP contribution in [-0.2, 0) is 9.59 Å². The van der Waals surface area contributed by atoms with Gasteiger partial charge in [-0.25, -0.2) is 4.79 Å². The predicted molar refractivity (Wildman–Crippen MR) is 66.6 cm³/mol. The first-order valence-electron chi connectivity index (χ1n) is 5.51. The minimum absolute atomic E-state index is 0.175. The van der Waals surface area contributed by atoms with Crippen LogP contribution in [0.1, 0.15) is 23.2 Å². The Morgan fingerprint density at radius 1 is 1.16 bits per heavy atom. The van der Waals surface area contributed by atoms with Crippen LogP contribution in [-0.4, -0.2) is 34.1 Å². The van der Waals surface area contributed by atoms with Crippen molar-refractivity contribution < 1.29 is 24.6 Å². The number of amides is 1. The van der Waals surface area contributed by atoms with E-state index in [1.165, 1.54) is 24.3 Å². The van der Waals surface area contributed by atoms with Gasteiger partial charge in [-0.1, -0.05) is 0 Å². The molecule has 0 aromatic heterocycles. The Balaban J connectivity index is 2.68. The standard InChI is InChI=1S/C12H14N2O5/c13-8-3-1-7(2-4-8)11(17)14-9(12(18)19)5-6-10(15)16/h1-4,9H,5-6,13H2,(H,14,17)(H,15,16)(H,18,19)/t9-/m0/s1. The molecule has 19 heavy (non-hydrogen) atoms. The van der Waals surface area contributed by atoms with Gasteiger partial charge in [0, 0.05) is 17.7 Å². The fraction of sp³-hybridized carbons (Fsp3) is 0.250. The molecule has 7 nitrogen and oxygen atoms in total. The van der Waals surface area contributed by atoms with E-state index in [1.807, 2.05) is 0 Å². The molecule has 5 N–H and O–H groups in total. The topological polar surface area (TPSA) is 130 Å². The van der Waals surface area contributed by atoms with Crippen molar-refractivity contribution in [1.29, 1.82) is 0 Å². The number of anilines is 1. The lowest BCUT2D eigenvalue weighted by molar-refractivity contribution is -0.140. The van der Waals surface area contributed by atoms with Gasteiger partial charge < -0.3 is 21.3 Å². The minimum Gasteiger partial charge on any atom is -0.481 e. The Morgan fingerprint density at radius 3 is 2.21 bits per heavy atom. The zero-order chi connectivity index (χ0) is 14.4. The summed E-state index contributed by atoms with van der Waals surface area (Å²) in [6.45, 7) is 0. The Kier molecular flexibility index (Phi) is 4.87. The van der Waals surface area contributed by atoms with E-state index in [1.54, 1.807) is 0 Å². The van der Waals surface area contributed by atoms with Crippen LogP contribution in [0, 0.1) is 0 Å². The second-order valence-corrected chi connectivity index (χ2v) is 3.92. The first kappa shape index (κ1) is 14.5. The van der Waals surface area contributed by atoms with Gasteiger partial charge in [0.1, 0.15) is 6.04 Å². The largest absolute Gasteiger partial charge is 0.481 e. The van der Waals surface area contributed by atoms with Crippen LogP contribution in [0.5, 0.6) is 0 Å². The van der Waals surface area contributed by atoms with E-state index in [2.05, 4.69) is 5.32 Å². The van der Waals surface area contributed by atoms with Crippen LogP contribution in [0.2, 0.25) is 0 Å². The van der Waals surface area contributed by atoms with Gasteiger partial charge in [-0.2, -0.15) is 0 Å². The lowest BCUT2D eigenvalue weighted by atomic mass is 10.1. The third kappa shape index (κ3) is 4.66. The summed E-state index contributed by atoms with van der Waals surface area (Å²) in [7, 11) is 0. The van der Waals surface area contributed by atoms with Gasteiger partial charge in [0.2, 0.25) is 0 Å². The summed E-state index contributed by atoms with van der Waals surface area (Å²) in [6.07, 6.45) is -0.510. The first-order valence-corrected chi connectivity index (χ1v) is 5.51. The van der Waals surface area contributed by atoms with E-state index in [9.17, 15) is 14.4 Å². The average molecular weight is 266 g/mol. The van der Waals surface area contributed by atoms with E-state index in [4.69, 9.17) is 15.9 Å². The fourth-order valence-electron chi connectivity index (χ4n) is 1.40. The second-order valence-electron chi connectivity index (χ2n) is 3.92. The molecule has 1 amide bonds. The highest BCUT2D eigenvalue weighted by Gasteiger charge is 2.21. The molecule has 0 spiro atoms. The van der Waals surface area contributed by atoms with Crippen LogP contribution in [0.25, 0.3) is 0 Å². The Bertz CT molecular complexity index is 483. The molecule has 0 bridgehead atoms. The number of carbonyl (C=O) groups excluding carboxylic acids is 1. The highest BCUT2D eigenvalue weighted by atomic mass is 16.4. The summed E-state index contributed by atoms with van der Waals surface area (Å²) in [5.41, 5.74) is 6.21. The van der Waals surface area contributed by atoms with Crippen LogP contribution in [0.3, 0.4) is 0 Å². The summed E-state index contributed by atoms with van der Waals surface area (Å²) >= 11 is 0. The normalized spacial score (nSPS) is 11.6. The Hall–Kier alpha value is -2.57. The van der Waals surface area contributed by atoms with Gasteiger partial charge in [-0.05, 0) is 30.7 Å². The quantitative estimate of drug-likeness (QED) is 0.548. The van der Waals surface area contributed by atoms with Crippen molar-refractivity contribution in [3.8, 4) is 0 Å². The molecule has 1 rings (SSSR count). The van der Waals surface area contributed by atoms with Gasteiger partial charge in [0.15, 0.2) is 0 Å². The molecule has 0 aliphatic carbocycles. The molecule has 0 aliphatic heterocycles. The molecular formula is C12H14N2O5. The molecule has 0 radical (unpaired) electrons. The SMILES string of the molecule is Nc1ccc(C(=O)N[C@@H](CCC(=O)O)C(=O)O)cc1. The number of hydrogen-bond acceptors (Lipinski definition) is 4. The number of benzene rings is 1. The van der Waals surface area contributed by atoms with Crippen LogP contribution < -0.4 is 11.1 Å². The number of nitrogens with two attached hydrogens (primary N) is 1. The summed E-state index contributed by atoms with van der Waals surface area (Å²) in [5.74, 6) is -2.98. The van der Waals surface area contributed by atoms with Crippen molar-refractivity contribution in [1.82, 2.24) is 5.32 Å². The lowest BCUT2D eigenvalue weighted by Crippen LogP contribution is -2.41. The molecular weight excluding hydrogens is 252 g/mol. The molecule has 1 aromatic carbocycles. The molecule has 0 unspecified atom stereocenters. The molecule has 0 fully saturated rings. The van der Waals surface area contributed by atoms with Crippen molar-refractivity contribution in [2.45, 2.75) is 18.9 Å². The molecule has 102 valence electrons. The number of nitrogen functional groups attached to an aromatic ring is 1. The number of aliphatic carboxylic acids is 2. The van der Waals surface area contributed by atoms with Gasteiger partial charge in [0.05, 0.1) is 0 Å². The van der Waals surface area contributed by atoms with Gasteiger partial charge in [-0.15, -0.1) is 0 Å². The van der Waals surface area contributed by atoms with E-state index >= 15 is 0 Å².